The first-order valence-corrected chi connectivity index (χ1v) is 10.3. The molecule has 1 aliphatic rings. The zero-order valence-corrected chi connectivity index (χ0v) is 16.7. The van der Waals surface area contributed by atoms with Crippen LogP contribution in [0.25, 0.3) is 0 Å². The lowest BCUT2D eigenvalue weighted by molar-refractivity contribution is 1.28. The van der Waals surface area contributed by atoms with Crippen molar-refractivity contribution in [3.8, 4) is 0 Å². The Labute approximate surface area is 179 Å². The molecule has 0 saturated carbocycles. The normalized spacial score (nSPS) is 13.9. The second-order valence-electron chi connectivity index (χ2n) is 7.39. The number of hydrogen-bond acceptors (Lipinski definition) is 3. The lowest BCUT2D eigenvalue weighted by Gasteiger charge is -2.46. The summed E-state index contributed by atoms with van der Waals surface area (Å²) < 4.78 is 4.61. The molecule has 0 aromatic heterocycles. The van der Waals surface area contributed by atoms with E-state index in [1.165, 1.54) is 10.9 Å². The smallest absolute Gasteiger partial charge is 0.366 e. The van der Waals surface area contributed by atoms with Gasteiger partial charge in [-0.15, -0.1) is 0 Å². The highest BCUT2D eigenvalue weighted by atomic mass is 15.2. The molecule has 1 heterocycles. The Morgan fingerprint density at radius 1 is 0.467 bits per heavy atom. The summed E-state index contributed by atoms with van der Waals surface area (Å²) in [5, 5.41) is 3.90. The van der Waals surface area contributed by atoms with Crippen molar-refractivity contribution in [1.29, 1.82) is 0 Å². The summed E-state index contributed by atoms with van der Waals surface area (Å²) in [5.74, 6) is 0. The molecule has 4 aromatic carbocycles. The van der Waals surface area contributed by atoms with Gasteiger partial charge in [-0.3, -0.25) is 0 Å². The summed E-state index contributed by atoms with van der Waals surface area (Å²) >= 11 is 0. The first-order chi connectivity index (χ1) is 14.9. The zero-order valence-electron chi connectivity index (χ0n) is 16.7. The Morgan fingerprint density at radius 3 is 1.17 bits per heavy atom. The van der Waals surface area contributed by atoms with E-state index in [9.17, 15) is 0 Å². The van der Waals surface area contributed by atoms with E-state index in [1.54, 1.807) is 0 Å². The SMILES string of the molecule is [B]1N(c2ccccc2)B(c2ccccc2)NB(c2ccccc2)N1c1ccccc1. The highest BCUT2D eigenvalue weighted by molar-refractivity contribution is 7.02. The van der Waals surface area contributed by atoms with Crippen LogP contribution in [0.1, 0.15) is 0 Å². The second-order valence-corrected chi connectivity index (χ2v) is 7.39. The van der Waals surface area contributed by atoms with Gasteiger partial charge < -0.3 is 14.6 Å². The van der Waals surface area contributed by atoms with Gasteiger partial charge >= 0.3 is 21.5 Å². The molecule has 0 atom stereocenters. The first kappa shape index (κ1) is 18.7. The minimum absolute atomic E-state index is 0.0127. The van der Waals surface area contributed by atoms with Gasteiger partial charge in [0, 0.05) is 11.4 Å². The zero-order chi connectivity index (χ0) is 20.2. The third-order valence-corrected chi connectivity index (χ3v) is 5.46. The Morgan fingerprint density at radius 2 is 0.800 bits per heavy atom. The van der Waals surface area contributed by atoms with Crippen molar-refractivity contribution in [2.75, 3.05) is 9.44 Å². The third kappa shape index (κ3) is 3.74. The van der Waals surface area contributed by atoms with Gasteiger partial charge in [0.2, 0.25) is 0 Å². The molecule has 30 heavy (non-hydrogen) atoms. The van der Waals surface area contributed by atoms with Gasteiger partial charge in [-0.25, -0.2) is 0 Å². The number of benzene rings is 4. The average Bonchev–Trinajstić information content (AvgIpc) is 2.85. The molecule has 6 heteroatoms. The molecule has 1 radical (unpaired) electrons. The Kier molecular flexibility index (Phi) is 5.32. The third-order valence-electron chi connectivity index (χ3n) is 5.46. The van der Waals surface area contributed by atoms with Crippen molar-refractivity contribution in [2.45, 2.75) is 0 Å². The monoisotopic (exact) mass is 384 g/mol. The van der Waals surface area contributed by atoms with Gasteiger partial charge in [0.15, 0.2) is 0 Å². The number of para-hydroxylation sites is 2. The van der Waals surface area contributed by atoms with Gasteiger partial charge in [-0.2, -0.15) is 0 Å². The summed E-state index contributed by atoms with van der Waals surface area (Å²) in [7, 11) is 2.23. The summed E-state index contributed by atoms with van der Waals surface area (Å²) in [6.45, 7) is 0.0255. The van der Waals surface area contributed by atoms with E-state index in [0.717, 1.165) is 11.4 Å². The first-order valence-electron chi connectivity index (χ1n) is 10.3. The topological polar surface area (TPSA) is 18.5 Å². The number of nitrogens with zero attached hydrogens (tertiary/aromatic N) is 2. The average molecular weight is 384 g/mol. The van der Waals surface area contributed by atoms with Crippen LogP contribution in [0.4, 0.5) is 11.4 Å². The lowest BCUT2D eigenvalue weighted by atomic mass is 9.47. The summed E-state index contributed by atoms with van der Waals surface area (Å²) in [5.41, 5.74) is 4.75. The molecule has 3 nitrogen and oxygen atoms in total. The second kappa shape index (κ2) is 8.56. The quantitative estimate of drug-likeness (QED) is 0.547. The van der Waals surface area contributed by atoms with Crippen LogP contribution in [-0.4, -0.2) is 21.5 Å². The largest absolute Gasteiger partial charge is 0.429 e. The number of anilines is 2. The van der Waals surface area contributed by atoms with Crippen LogP contribution in [0, 0.1) is 0 Å². The fraction of sp³-hybridized carbons (Fsp3) is 0. The van der Waals surface area contributed by atoms with E-state index in [4.69, 9.17) is 0 Å². The van der Waals surface area contributed by atoms with Crippen molar-refractivity contribution < 1.29 is 0 Å². The van der Waals surface area contributed by atoms with Crippen molar-refractivity contribution in [1.82, 2.24) is 5.14 Å². The van der Waals surface area contributed by atoms with Crippen molar-refractivity contribution in [2.24, 2.45) is 0 Å². The minimum Gasteiger partial charge on any atom is -0.429 e. The van der Waals surface area contributed by atoms with E-state index in [1.807, 2.05) is 0 Å². The van der Waals surface area contributed by atoms with Crippen LogP contribution in [0.2, 0.25) is 0 Å². The van der Waals surface area contributed by atoms with Gasteiger partial charge in [0.05, 0.1) is 0 Å². The van der Waals surface area contributed by atoms with Crippen LogP contribution in [0.15, 0.2) is 121 Å². The maximum absolute atomic E-state index is 3.90. The highest BCUT2D eigenvalue weighted by Crippen LogP contribution is 2.22. The molecule has 141 valence electrons. The molecule has 0 aliphatic carbocycles. The van der Waals surface area contributed by atoms with Crippen molar-refractivity contribution in [3.05, 3.63) is 121 Å². The molecule has 0 amide bonds. The van der Waals surface area contributed by atoms with Gasteiger partial charge in [0.25, 0.3) is 0 Å². The predicted octanol–water partition coefficient (Wildman–Crippen LogP) is 2.93. The van der Waals surface area contributed by atoms with Crippen molar-refractivity contribution in [3.63, 3.8) is 0 Å². The molecule has 1 saturated heterocycles. The molecule has 1 fully saturated rings. The Hall–Kier alpha value is -3.37. The summed E-state index contributed by atoms with van der Waals surface area (Å²) in [6.07, 6.45) is 0. The van der Waals surface area contributed by atoms with E-state index >= 15 is 0 Å². The molecule has 0 bridgehead atoms. The van der Waals surface area contributed by atoms with E-state index in [-0.39, 0.29) is 14.0 Å². The van der Waals surface area contributed by atoms with Crippen LogP contribution in [0.5, 0.6) is 0 Å². The van der Waals surface area contributed by atoms with E-state index in [2.05, 4.69) is 143 Å². The number of hydrogen-bond donors (Lipinski definition) is 1. The Balaban J connectivity index is 1.61. The highest BCUT2D eigenvalue weighted by Gasteiger charge is 2.42. The molecular formula is C24H21B3N3. The molecule has 5 rings (SSSR count). The van der Waals surface area contributed by atoms with Crippen LogP contribution < -0.4 is 25.5 Å². The van der Waals surface area contributed by atoms with Gasteiger partial charge in [0.1, 0.15) is 0 Å². The van der Waals surface area contributed by atoms with Crippen LogP contribution in [-0.2, 0) is 0 Å². The van der Waals surface area contributed by atoms with Crippen LogP contribution >= 0.6 is 0 Å². The molecule has 0 unspecified atom stereocenters. The molecule has 4 aromatic rings. The number of rotatable bonds is 4. The fourth-order valence-corrected chi connectivity index (χ4v) is 3.99. The van der Waals surface area contributed by atoms with Gasteiger partial charge in [-0.05, 0) is 35.2 Å². The maximum Gasteiger partial charge on any atom is 0.366 e. The van der Waals surface area contributed by atoms with E-state index < -0.39 is 0 Å². The maximum atomic E-state index is 3.90. The standard InChI is InChI=1S/C24H21B3N3/c1-5-13-21(14-6-1)26-28-27(22-15-7-2-8-16-22)30(24-19-11-4-12-20-24)25-29(26)23-17-9-3-10-18-23/h1-20,28H. The Bertz CT molecular complexity index is 890. The lowest BCUT2D eigenvalue weighted by Crippen LogP contribution is -2.79. The molecular weight excluding hydrogens is 363 g/mol. The predicted molar refractivity (Wildman–Crippen MR) is 130 cm³/mol. The van der Waals surface area contributed by atoms with Gasteiger partial charge in [-0.1, -0.05) is 97.1 Å². The minimum atomic E-state index is 0.0127. The van der Waals surface area contributed by atoms with E-state index in [0.29, 0.717) is 0 Å². The summed E-state index contributed by atoms with van der Waals surface area (Å²) in [4.78, 5) is 0. The fourth-order valence-electron chi connectivity index (χ4n) is 3.99. The molecule has 1 N–H and O–H groups in total. The summed E-state index contributed by atoms with van der Waals surface area (Å²) in [6, 6.07) is 42.3. The molecule has 1 aliphatic heterocycles. The molecule has 0 spiro atoms. The van der Waals surface area contributed by atoms with Crippen LogP contribution in [0.3, 0.4) is 0 Å². The number of nitrogens with one attached hydrogen (secondary N) is 1. The van der Waals surface area contributed by atoms with Crippen molar-refractivity contribution >= 4 is 43.8 Å².